The summed E-state index contributed by atoms with van der Waals surface area (Å²) in [5, 5.41) is 11.1. The predicted molar refractivity (Wildman–Crippen MR) is 64.8 cm³/mol. The van der Waals surface area contributed by atoms with Crippen molar-refractivity contribution < 1.29 is 4.79 Å². The van der Waals surface area contributed by atoms with Gasteiger partial charge in [-0.3, -0.25) is 4.79 Å². The first-order valence-corrected chi connectivity index (χ1v) is 5.42. The van der Waals surface area contributed by atoms with Crippen LogP contribution in [0.1, 0.15) is 5.56 Å². The van der Waals surface area contributed by atoms with E-state index in [-0.39, 0.29) is 12.3 Å². The molecule has 0 fully saturated rings. The van der Waals surface area contributed by atoms with Crippen LogP contribution in [0.4, 0.5) is 5.82 Å². The molecule has 0 saturated heterocycles. The maximum absolute atomic E-state index is 11.7. The van der Waals surface area contributed by atoms with E-state index >= 15 is 0 Å². The molecule has 1 N–H and O–H groups in total. The summed E-state index contributed by atoms with van der Waals surface area (Å²) in [6, 6.07) is 7.19. The number of nitrogens with one attached hydrogen (secondary N) is 1. The number of amides is 1. The Morgan fingerprint density at radius 2 is 2.35 bits per heavy atom. The van der Waals surface area contributed by atoms with E-state index in [1.165, 1.54) is 11.0 Å². The van der Waals surface area contributed by atoms with Crippen LogP contribution < -0.4 is 5.32 Å². The van der Waals surface area contributed by atoms with Gasteiger partial charge in [0.05, 0.1) is 12.6 Å². The van der Waals surface area contributed by atoms with Crippen LogP contribution in [0.15, 0.2) is 30.5 Å². The van der Waals surface area contributed by atoms with Crippen molar-refractivity contribution in [3.05, 3.63) is 41.0 Å². The van der Waals surface area contributed by atoms with Gasteiger partial charge in [-0.2, -0.15) is 9.90 Å². The molecule has 1 aromatic carbocycles. The number of hydrogen-bond acceptors (Lipinski definition) is 3. The molecule has 0 atom stereocenters. The van der Waals surface area contributed by atoms with E-state index in [0.717, 1.165) is 5.56 Å². The van der Waals surface area contributed by atoms with E-state index in [0.29, 0.717) is 10.8 Å². The van der Waals surface area contributed by atoms with Crippen LogP contribution in [0.3, 0.4) is 0 Å². The highest BCUT2D eigenvalue weighted by atomic mass is 35.5. The van der Waals surface area contributed by atoms with Gasteiger partial charge in [-0.05, 0) is 17.7 Å². The van der Waals surface area contributed by atoms with Gasteiger partial charge in [0.1, 0.15) is 0 Å². The van der Waals surface area contributed by atoms with Crippen LogP contribution >= 0.6 is 11.6 Å². The average Bonchev–Trinajstić information content (AvgIpc) is 2.63. The largest absolute Gasteiger partial charge is 0.308 e. The van der Waals surface area contributed by atoms with Crippen LogP contribution in [0.2, 0.25) is 5.02 Å². The van der Waals surface area contributed by atoms with E-state index in [9.17, 15) is 4.79 Å². The van der Waals surface area contributed by atoms with E-state index in [1.807, 2.05) is 12.1 Å². The molecule has 0 unspecified atom stereocenters. The molecule has 2 aromatic rings. The summed E-state index contributed by atoms with van der Waals surface area (Å²) < 4.78 is 0. The monoisotopic (exact) mass is 250 g/mol. The van der Waals surface area contributed by atoms with Crippen molar-refractivity contribution in [1.29, 1.82) is 0 Å². The maximum atomic E-state index is 11.7. The van der Waals surface area contributed by atoms with Crippen molar-refractivity contribution in [2.45, 2.75) is 6.42 Å². The lowest BCUT2D eigenvalue weighted by Gasteiger charge is -2.02. The summed E-state index contributed by atoms with van der Waals surface area (Å²) in [4.78, 5) is 13.1. The zero-order valence-corrected chi connectivity index (χ0v) is 9.98. The fourth-order valence-electron chi connectivity index (χ4n) is 1.42. The molecule has 0 saturated carbocycles. The molecule has 0 spiro atoms. The number of benzene rings is 1. The average molecular weight is 251 g/mol. The Balaban J connectivity index is 1.98. The van der Waals surface area contributed by atoms with Crippen molar-refractivity contribution >= 4 is 23.3 Å². The van der Waals surface area contributed by atoms with E-state index < -0.39 is 0 Å². The van der Waals surface area contributed by atoms with Crippen LogP contribution in [-0.2, 0) is 18.3 Å². The minimum Gasteiger partial charge on any atom is -0.308 e. The highest BCUT2D eigenvalue weighted by Crippen LogP contribution is 2.11. The third-order valence-electron chi connectivity index (χ3n) is 2.12. The smallest absolute Gasteiger partial charge is 0.230 e. The fraction of sp³-hybridized carbons (Fsp3) is 0.182. The molecule has 0 aliphatic rings. The summed E-state index contributed by atoms with van der Waals surface area (Å²) in [5.41, 5.74) is 0.860. The molecule has 0 aliphatic carbocycles. The first-order chi connectivity index (χ1) is 8.13. The summed E-state index contributed by atoms with van der Waals surface area (Å²) in [6.07, 6.45) is 1.76. The van der Waals surface area contributed by atoms with Crippen molar-refractivity contribution in [2.24, 2.45) is 7.05 Å². The van der Waals surface area contributed by atoms with E-state index in [1.54, 1.807) is 19.2 Å². The first-order valence-electron chi connectivity index (χ1n) is 5.04. The van der Waals surface area contributed by atoms with Gasteiger partial charge in [-0.25, -0.2) is 0 Å². The highest BCUT2D eigenvalue weighted by molar-refractivity contribution is 6.30. The molecule has 88 valence electrons. The third-order valence-corrected chi connectivity index (χ3v) is 2.36. The Hall–Kier alpha value is -1.88. The molecule has 0 bridgehead atoms. The number of anilines is 1. The van der Waals surface area contributed by atoms with E-state index in [2.05, 4.69) is 15.5 Å². The van der Waals surface area contributed by atoms with Gasteiger partial charge < -0.3 is 5.32 Å². The number of halogens is 1. The Labute approximate surface area is 103 Å². The SMILES string of the molecule is Cn1ncc(NC(=O)Cc2cccc(Cl)c2)n1. The van der Waals surface area contributed by atoms with Gasteiger partial charge in [0.25, 0.3) is 0 Å². The molecule has 1 heterocycles. The van der Waals surface area contributed by atoms with Gasteiger partial charge in [0.15, 0.2) is 5.82 Å². The number of hydrogen-bond donors (Lipinski definition) is 1. The number of nitrogens with zero attached hydrogens (tertiary/aromatic N) is 3. The second-order valence-corrected chi connectivity index (χ2v) is 4.01. The summed E-state index contributed by atoms with van der Waals surface area (Å²) in [5.74, 6) is 0.298. The van der Waals surface area contributed by atoms with Crippen molar-refractivity contribution in [3.63, 3.8) is 0 Å². The lowest BCUT2D eigenvalue weighted by Crippen LogP contribution is -2.14. The van der Waals surface area contributed by atoms with E-state index in [4.69, 9.17) is 11.6 Å². The van der Waals surface area contributed by atoms with Crippen molar-refractivity contribution in [2.75, 3.05) is 5.32 Å². The van der Waals surface area contributed by atoms with Crippen LogP contribution in [0.5, 0.6) is 0 Å². The summed E-state index contributed by atoms with van der Waals surface area (Å²) in [7, 11) is 1.69. The zero-order chi connectivity index (χ0) is 12.3. The minimum atomic E-state index is -0.146. The Morgan fingerprint density at radius 3 is 3.00 bits per heavy atom. The van der Waals surface area contributed by atoms with Gasteiger partial charge in [0, 0.05) is 12.1 Å². The van der Waals surface area contributed by atoms with Gasteiger partial charge >= 0.3 is 0 Å². The second kappa shape index (κ2) is 4.97. The minimum absolute atomic E-state index is 0.146. The standard InChI is InChI=1S/C11H11ClN4O/c1-16-13-7-10(15-16)14-11(17)6-8-3-2-4-9(12)5-8/h2-5,7H,6H2,1H3,(H,14,15,17). The first kappa shape index (κ1) is 11.6. The zero-order valence-electron chi connectivity index (χ0n) is 9.22. The normalized spacial score (nSPS) is 10.2. The molecule has 0 aliphatic heterocycles. The predicted octanol–water partition coefficient (Wildman–Crippen LogP) is 1.65. The second-order valence-electron chi connectivity index (χ2n) is 3.57. The summed E-state index contributed by atoms with van der Waals surface area (Å²) in [6.45, 7) is 0. The van der Waals surface area contributed by atoms with Crippen molar-refractivity contribution in [3.8, 4) is 0 Å². The molecular formula is C11H11ClN4O. The topological polar surface area (TPSA) is 59.8 Å². The molecule has 5 nitrogen and oxygen atoms in total. The molecule has 0 radical (unpaired) electrons. The molecule has 1 aromatic heterocycles. The maximum Gasteiger partial charge on any atom is 0.230 e. The number of carbonyl (C=O) groups excluding carboxylic acids is 1. The van der Waals surface area contributed by atoms with Gasteiger partial charge in [-0.1, -0.05) is 23.7 Å². The number of aromatic nitrogens is 3. The van der Waals surface area contributed by atoms with Crippen LogP contribution in [-0.4, -0.2) is 20.9 Å². The molecule has 2 rings (SSSR count). The fourth-order valence-corrected chi connectivity index (χ4v) is 1.64. The lowest BCUT2D eigenvalue weighted by atomic mass is 10.1. The van der Waals surface area contributed by atoms with Gasteiger partial charge in [-0.15, -0.1) is 5.10 Å². The number of carbonyl (C=O) groups is 1. The van der Waals surface area contributed by atoms with Crippen LogP contribution in [0, 0.1) is 0 Å². The van der Waals surface area contributed by atoms with Gasteiger partial charge in [0.2, 0.25) is 5.91 Å². The number of aryl methyl sites for hydroxylation is 1. The highest BCUT2D eigenvalue weighted by Gasteiger charge is 2.06. The Kier molecular flexibility index (Phi) is 3.39. The molecule has 17 heavy (non-hydrogen) atoms. The quantitative estimate of drug-likeness (QED) is 0.901. The molecule has 1 amide bonds. The van der Waals surface area contributed by atoms with Crippen molar-refractivity contribution in [1.82, 2.24) is 15.0 Å². The van der Waals surface area contributed by atoms with Crippen LogP contribution in [0.25, 0.3) is 0 Å². The number of rotatable bonds is 3. The third kappa shape index (κ3) is 3.29. The molecule has 6 heteroatoms. The Bertz CT molecular complexity index is 538. The molecular weight excluding hydrogens is 240 g/mol. The summed E-state index contributed by atoms with van der Waals surface area (Å²) >= 11 is 5.83. The Morgan fingerprint density at radius 1 is 1.53 bits per heavy atom. The lowest BCUT2D eigenvalue weighted by molar-refractivity contribution is -0.115.